The Bertz CT molecular complexity index is 1010. The lowest BCUT2D eigenvalue weighted by Gasteiger charge is -2.68. The van der Waals surface area contributed by atoms with Gasteiger partial charge in [0.2, 0.25) is 0 Å². The molecule has 1 aromatic carbocycles. The summed E-state index contributed by atoms with van der Waals surface area (Å²) in [5, 5.41) is 32.0. The van der Waals surface area contributed by atoms with Gasteiger partial charge >= 0.3 is 12.1 Å². The van der Waals surface area contributed by atoms with Crippen LogP contribution >= 0.6 is 0 Å². The maximum Gasteiger partial charge on any atom is 0.490 e. The Kier molecular flexibility index (Phi) is 5.80. The van der Waals surface area contributed by atoms with Crippen LogP contribution in [0.4, 0.5) is 13.2 Å². The number of quaternary nitrogens is 1. The van der Waals surface area contributed by atoms with Crippen molar-refractivity contribution in [1.82, 2.24) is 0 Å². The van der Waals surface area contributed by atoms with Gasteiger partial charge in [-0.3, -0.25) is 0 Å². The molecule has 0 radical (unpaired) electrons. The highest BCUT2D eigenvalue weighted by Crippen LogP contribution is 2.67. The van der Waals surface area contributed by atoms with Crippen LogP contribution in [0, 0.1) is 11.1 Å². The number of carboxylic acids is 1. The number of aliphatic carboxylic acids is 1. The van der Waals surface area contributed by atoms with Crippen LogP contribution in [0.25, 0.3) is 0 Å². The van der Waals surface area contributed by atoms with Crippen LogP contribution in [-0.4, -0.2) is 64.4 Å². The van der Waals surface area contributed by atoms with E-state index in [1.54, 1.807) is 6.07 Å². The van der Waals surface area contributed by atoms with Crippen molar-refractivity contribution in [2.45, 2.75) is 87.6 Å². The van der Waals surface area contributed by atoms with E-state index in [0.717, 1.165) is 45.1 Å². The maximum absolute atomic E-state index is 14.3. The monoisotopic (exact) mass is 499 g/mol. The average molecular weight is 500 g/mol. The Morgan fingerprint density at radius 2 is 2.00 bits per heavy atom. The Morgan fingerprint density at radius 3 is 2.63 bits per heavy atom. The zero-order valence-corrected chi connectivity index (χ0v) is 19.8. The predicted molar refractivity (Wildman–Crippen MR) is 119 cm³/mol. The van der Waals surface area contributed by atoms with E-state index in [-0.39, 0.29) is 28.0 Å². The normalized spacial score (nSPS) is 36.5. The second-order valence-corrected chi connectivity index (χ2v) is 10.7. The summed E-state index contributed by atoms with van der Waals surface area (Å²) < 4.78 is 44.9. The fraction of sp³-hybridized carbons (Fsp3) is 0.720. The SMILES string of the molecule is CCCO[C@@]12CCC[C@@H]3Oc4c(O)ccc5c4[C@@]31CC[N+]([O-])(CC1CC1)[C@@H]2C5.O=C(O)C(F)(F)F. The van der Waals surface area contributed by atoms with Gasteiger partial charge in [0.15, 0.2) is 11.5 Å². The van der Waals surface area contributed by atoms with Gasteiger partial charge in [-0.15, -0.1) is 0 Å². The summed E-state index contributed by atoms with van der Waals surface area (Å²) in [4.78, 5) is 8.90. The van der Waals surface area contributed by atoms with Gasteiger partial charge in [-0.1, -0.05) is 13.0 Å². The number of alkyl halides is 3. The molecule has 2 saturated carbocycles. The van der Waals surface area contributed by atoms with E-state index in [1.807, 2.05) is 6.07 Å². The van der Waals surface area contributed by atoms with Crippen LogP contribution in [0.5, 0.6) is 11.5 Å². The number of likely N-dealkylation sites (tertiary alicyclic amines) is 1. The number of halogens is 3. The lowest BCUT2D eigenvalue weighted by molar-refractivity contribution is -0.924. The van der Waals surface area contributed by atoms with E-state index in [2.05, 4.69) is 6.92 Å². The van der Waals surface area contributed by atoms with E-state index < -0.39 is 17.7 Å². The van der Waals surface area contributed by atoms with Crippen LogP contribution in [0.1, 0.15) is 63.0 Å². The summed E-state index contributed by atoms with van der Waals surface area (Å²) in [6, 6.07) is 3.75. The van der Waals surface area contributed by atoms with Crippen molar-refractivity contribution in [2.24, 2.45) is 5.92 Å². The van der Waals surface area contributed by atoms with Crippen LogP contribution in [0.3, 0.4) is 0 Å². The molecule has 6 rings (SSSR count). The molecule has 5 atom stereocenters. The highest BCUT2D eigenvalue weighted by Gasteiger charge is 2.75. The van der Waals surface area contributed by atoms with Gasteiger partial charge in [0.05, 0.1) is 18.5 Å². The molecule has 0 aromatic heterocycles. The molecule has 0 amide bonds. The second-order valence-electron chi connectivity index (χ2n) is 10.7. The minimum Gasteiger partial charge on any atom is -0.632 e. The van der Waals surface area contributed by atoms with Gasteiger partial charge in [-0.2, -0.15) is 13.2 Å². The first-order valence-corrected chi connectivity index (χ1v) is 12.5. The number of benzene rings is 1. The lowest BCUT2D eigenvalue weighted by atomic mass is 9.49. The van der Waals surface area contributed by atoms with Crippen molar-refractivity contribution in [3.8, 4) is 11.5 Å². The molecule has 2 aliphatic heterocycles. The summed E-state index contributed by atoms with van der Waals surface area (Å²) >= 11 is 0. The molecule has 1 aromatic rings. The number of nitrogens with zero attached hydrogens (tertiary/aromatic N) is 1. The third-order valence-electron chi connectivity index (χ3n) is 8.72. The Morgan fingerprint density at radius 1 is 1.29 bits per heavy atom. The summed E-state index contributed by atoms with van der Waals surface area (Å²) in [6.45, 7) is 4.25. The molecule has 1 spiro atoms. The third-order valence-corrected chi connectivity index (χ3v) is 8.72. The lowest BCUT2D eigenvalue weighted by Crippen LogP contribution is -2.80. The smallest absolute Gasteiger partial charge is 0.490 e. The third kappa shape index (κ3) is 3.62. The van der Waals surface area contributed by atoms with Gasteiger partial charge in [-0.05, 0) is 50.2 Å². The van der Waals surface area contributed by atoms with Crippen molar-refractivity contribution < 1.29 is 42.3 Å². The van der Waals surface area contributed by atoms with Gasteiger partial charge in [-0.25, -0.2) is 4.79 Å². The molecule has 2 heterocycles. The van der Waals surface area contributed by atoms with Crippen molar-refractivity contribution in [1.29, 1.82) is 0 Å². The number of ether oxygens (including phenoxy) is 2. The fourth-order valence-corrected chi connectivity index (χ4v) is 7.30. The van der Waals surface area contributed by atoms with E-state index in [0.29, 0.717) is 24.8 Å². The highest BCUT2D eigenvalue weighted by molar-refractivity contribution is 5.73. The van der Waals surface area contributed by atoms with Gasteiger partial charge < -0.3 is 29.5 Å². The molecule has 5 aliphatic rings. The molecule has 2 bridgehead atoms. The number of carbonyl (C=O) groups is 1. The van der Waals surface area contributed by atoms with Gasteiger partial charge in [0.1, 0.15) is 17.7 Å². The molecule has 3 aliphatic carbocycles. The number of aromatic hydroxyl groups is 1. The zero-order valence-electron chi connectivity index (χ0n) is 19.8. The zero-order chi connectivity index (χ0) is 25.2. The summed E-state index contributed by atoms with van der Waals surface area (Å²) in [5.41, 5.74) is 1.68. The van der Waals surface area contributed by atoms with Crippen molar-refractivity contribution in [3.05, 3.63) is 28.5 Å². The molecule has 7 nitrogen and oxygen atoms in total. The quantitative estimate of drug-likeness (QED) is 0.460. The Labute approximate surface area is 202 Å². The van der Waals surface area contributed by atoms with Crippen molar-refractivity contribution in [3.63, 3.8) is 0 Å². The molecule has 3 fully saturated rings. The molecular formula is C25H32F3NO6. The fourth-order valence-electron chi connectivity index (χ4n) is 7.30. The number of rotatable bonds is 5. The van der Waals surface area contributed by atoms with E-state index >= 15 is 0 Å². The topological polar surface area (TPSA) is 99.0 Å². The van der Waals surface area contributed by atoms with Gasteiger partial charge in [0.25, 0.3) is 0 Å². The number of phenolic OH excluding ortho intramolecular Hbond substituents is 1. The second kappa shape index (κ2) is 8.24. The number of hydrogen-bond donors (Lipinski definition) is 2. The molecule has 1 unspecified atom stereocenters. The minimum absolute atomic E-state index is 0.0256. The average Bonchev–Trinajstić information content (AvgIpc) is 3.53. The Hall–Kier alpha value is -2.04. The number of phenols is 1. The number of hydroxylamine groups is 3. The van der Waals surface area contributed by atoms with Crippen molar-refractivity contribution >= 4 is 5.97 Å². The molecule has 35 heavy (non-hydrogen) atoms. The summed E-state index contributed by atoms with van der Waals surface area (Å²) in [5.74, 6) is -1.23. The summed E-state index contributed by atoms with van der Waals surface area (Å²) in [6.07, 6.45) is 2.84. The van der Waals surface area contributed by atoms with Gasteiger partial charge in [0, 0.05) is 30.9 Å². The van der Waals surface area contributed by atoms with E-state index in [9.17, 15) is 23.5 Å². The maximum atomic E-state index is 14.3. The van der Waals surface area contributed by atoms with Crippen LogP contribution in [0.2, 0.25) is 0 Å². The molecule has 194 valence electrons. The van der Waals surface area contributed by atoms with Crippen LogP contribution in [-0.2, 0) is 21.4 Å². The number of hydrogen-bond acceptors (Lipinski definition) is 5. The first-order valence-electron chi connectivity index (χ1n) is 12.5. The highest BCUT2D eigenvalue weighted by atomic mass is 19.4. The minimum atomic E-state index is -5.08. The van der Waals surface area contributed by atoms with Crippen LogP contribution in [0.15, 0.2) is 12.1 Å². The molecule has 10 heteroatoms. The first-order chi connectivity index (χ1) is 16.5. The molecule has 2 N–H and O–H groups in total. The first kappa shape index (κ1) is 24.6. The van der Waals surface area contributed by atoms with E-state index in [4.69, 9.17) is 19.4 Å². The molecule has 1 saturated heterocycles. The molecular weight excluding hydrogens is 467 g/mol. The number of piperidine rings is 1. The van der Waals surface area contributed by atoms with Crippen molar-refractivity contribution in [2.75, 3.05) is 19.7 Å². The Balaban J connectivity index is 0.000000320. The van der Waals surface area contributed by atoms with Crippen LogP contribution < -0.4 is 4.74 Å². The summed E-state index contributed by atoms with van der Waals surface area (Å²) in [7, 11) is 0. The number of carboxylic acid groups (broad SMARTS) is 1. The standard InChI is InChI=1S/C23H31NO4.C2HF3O2/c1-2-12-27-23-9-3-4-19-22(23)10-11-24(26,14-15-5-6-15)18(23)13-16-7-8-17(25)21(28-19)20(16)22;3-2(4,5)1(6)7/h7-8,15,18-19,25H,2-6,9-14H2,1H3;(H,6,7)/t18-,19+,22-,23-,24?;/m1./s1. The van der Waals surface area contributed by atoms with E-state index in [1.165, 1.54) is 24.0 Å². The largest absolute Gasteiger partial charge is 0.632 e. The predicted octanol–water partition coefficient (Wildman–Crippen LogP) is 4.43.